The summed E-state index contributed by atoms with van der Waals surface area (Å²) in [6.45, 7) is 2.87. The lowest BCUT2D eigenvalue weighted by Crippen LogP contribution is -2.54. The number of aromatic nitrogens is 2. The number of hydrogen-bond acceptors (Lipinski definition) is 3. The van der Waals surface area contributed by atoms with Gasteiger partial charge < -0.3 is 10.6 Å². The largest absolute Gasteiger partial charge is 0.324 e. The molecular formula is C16H20N4O. The second-order valence-electron chi connectivity index (χ2n) is 5.72. The van der Waals surface area contributed by atoms with Crippen molar-refractivity contribution in [2.45, 2.75) is 31.7 Å². The summed E-state index contributed by atoms with van der Waals surface area (Å²) in [5.41, 5.74) is 2.28. The number of carbonyl (C=O) groups excluding carboxylic acids is 1. The molecule has 1 saturated heterocycles. The van der Waals surface area contributed by atoms with E-state index in [1.165, 1.54) is 0 Å². The van der Waals surface area contributed by atoms with E-state index in [-0.39, 0.29) is 5.91 Å². The average Bonchev–Trinajstić information content (AvgIpc) is 3.02. The lowest BCUT2D eigenvalue weighted by atomic mass is 9.90. The summed E-state index contributed by atoms with van der Waals surface area (Å²) >= 11 is 0. The van der Waals surface area contributed by atoms with Crippen LogP contribution in [0.1, 0.15) is 26.2 Å². The Balaban J connectivity index is 1.76. The van der Waals surface area contributed by atoms with E-state index in [4.69, 9.17) is 0 Å². The van der Waals surface area contributed by atoms with Crippen LogP contribution in [-0.2, 0) is 4.79 Å². The van der Waals surface area contributed by atoms with E-state index in [0.29, 0.717) is 0 Å². The molecule has 1 fully saturated rings. The van der Waals surface area contributed by atoms with E-state index >= 15 is 0 Å². The Labute approximate surface area is 124 Å². The minimum absolute atomic E-state index is 0.0314. The predicted octanol–water partition coefficient (Wildman–Crippen LogP) is 2.55. The van der Waals surface area contributed by atoms with Gasteiger partial charge in [0.05, 0.1) is 11.2 Å². The molecule has 0 radical (unpaired) electrons. The standard InChI is InChI=1S/C16H20N4O/c1-16(8-2-3-9-17-16)15(21)19-13-6-4-5-12(11-13)14-7-10-18-20-14/h4-7,10-11,17H,2-3,8-9H2,1H3,(H,18,20)(H,19,21). The number of rotatable bonds is 3. The smallest absolute Gasteiger partial charge is 0.244 e. The number of hydrogen-bond donors (Lipinski definition) is 3. The maximum absolute atomic E-state index is 12.5. The van der Waals surface area contributed by atoms with Crippen LogP contribution in [0, 0.1) is 0 Å². The summed E-state index contributed by atoms with van der Waals surface area (Å²) in [4.78, 5) is 12.5. The molecule has 1 atom stereocenters. The molecular weight excluding hydrogens is 264 g/mol. The Morgan fingerprint density at radius 2 is 2.24 bits per heavy atom. The molecule has 0 saturated carbocycles. The van der Waals surface area contributed by atoms with Crippen LogP contribution < -0.4 is 10.6 Å². The van der Waals surface area contributed by atoms with Gasteiger partial charge in [0.15, 0.2) is 0 Å². The Kier molecular flexibility index (Phi) is 3.75. The molecule has 1 aliphatic heterocycles. The zero-order valence-corrected chi connectivity index (χ0v) is 12.1. The van der Waals surface area contributed by atoms with Gasteiger partial charge in [-0.2, -0.15) is 5.10 Å². The van der Waals surface area contributed by atoms with E-state index in [2.05, 4.69) is 20.8 Å². The highest BCUT2D eigenvalue weighted by molar-refractivity contribution is 5.98. The van der Waals surface area contributed by atoms with Crippen LogP contribution in [0.3, 0.4) is 0 Å². The molecule has 110 valence electrons. The number of amides is 1. The van der Waals surface area contributed by atoms with Crippen LogP contribution in [-0.4, -0.2) is 28.2 Å². The second kappa shape index (κ2) is 5.69. The lowest BCUT2D eigenvalue weighted by molar-refractivity contribution is -0.122. The zero-order valence-electron chi connectivity index (χ0n) is 12.1. The van der Waals surface area contributed by atoms with Crippen molar-refractivity contribution < 1.29 is 4.79 Å². The molecule has 0 bridgehead atoms. The van der Waals surface area contributed by atoms with Crippen molar-refractivity contribution in [3.63, 3.8) is 0 Å². The van der Waals surface area contributed by atoms with E-state index in [1.54, 1.807) is 6.20 Å². The van der Waals surface area contributed by atoms with Crippen molar-refractivity contribution in [3.05, 3.63) is 36.5 Å². The number of aromatic amines is 1. The third-order valence-corrected chi connectivity index (χ3v) is 4.05. The van der Waals surface area contributed by atoms with Crippen molar-refractivity contribution >= 4 is 11.6 Å². The molecule has 1 aliphatic rings. The molecule has 1 unspecified atom stereocenters. The summed E-state index contributed by atoms with van der Waals surface area (Å²) in [6.07, 6.45) is 4.82. The van der Waals surface area contributed by atoms with E-state index in [0.717, 1.165) is 42.8 Å². The first-order valence-corrected chi connectivity index (χ1v) is 7.34. The molecule has 5 heteroatoms. The van der Waals surface area contributed by atoms with Crippen LogP contribution in [0.4, 0.5) is 5.69 Å². The van der Waals surface area contributed by atoms with Gasteiger partial charge in [-0.05, 0) is 50.9 Å². The normalized spacial score (nSPS) is 22.0. The highest BCUT2D eigenvalue weighted by atomic mass is 16.2. The van der Waals surface area contributed by atoms with Crippen molar-refractivity contribution in [2.24, 2.45) is 0 Å². The van der Waals surface area contributed by atoms with Crippen molar-refractivity contribution in [3.8, 4) is 11.3 Å². The van der Waals surface area contributed by atoms with Gasteiger partial charge in [0, 0.05) is 17.4 Å². The third-order valence-electron chi connectivity index (χ3n) is 4.05. The fourth-order valence-electron chi connectivity index (χ4n) is 2.70. The third kappa shape index (κ3) is 2.97. The lowest BCUT2D eigenvalue weighted by Gasteiger charge is -2.33. The zero-order chi connectivity index (χ0) is 14.7. The molecule has 3 N–H and O–H groups in total. The molecule has 1 aromatic heterocycles. The molecule has 3 rings (SSSR count). The monoisotopic (exact) mass is 284 g/mol. The van der Waals surface area contributed by atoms with Crippen LogP contribution in [0.15, 0.2) is 36.5 Å². The maximum Gasteiger partial charge on any atom is 0.244 e. The quantitative estimate of drug-likeness (QED) is 0.811. The highest BCUT2D eigenvalue weighted by Crippen LogP contribution is 2.23. The number of nitrogens with one attached hydrogen (secondary N) is 3. The predicted molar refractivity (Wildman–Crippen MR) is 82.9 cm³/mol. The Bertz CT molecular complexity index is 615. The number of nitrogens with zero attached hydrogens (tertiary/aromatic N) is 1. The van der Waals surface area contributed by atoms with Gasteiger partial charge in [-0.3, -0.25) is 9.89 Å². The van der Waals surface area contributed by atoms with Crippen molar-refractivity contribution in [1.82, 2.24) is 15.5 Å². The van der Waals surface area contributed by atoms with E-state index in [9.17, 15) is 4.79 Å². The topological polar surface area (TPSA) is 69.8 Å². The van der Waals surface area contributed by atoms with Gasteiger partial charge in [-0.25, -0.2) is 0 Å². The van der Waals surface area contributed by atoms with Crippen LogP contribution in [0.25, 0.3) is 11.3 Å². The number of piperidine rings is 1. The minimum atomic E-state index is -0.470. The summed E-state index contributed by atoms with van der Waals surface area (Å²) in [5, 5.41) is 13.2. The summed E-state index contributed by atoms with van der Waals surface area (Å²) in [5.74, 6) is 0.0314. The Morgan fingerprint density at radius 3 is 2.95 bits per heavy atom. The van der Waals surface area contributed by atoms with Crippen LogP contribution in [0.5, 0.6) is 0 Å². The number of anilines is 1. The average molecular weight is 284 g/mol. The first-order chi connectivity index (χ1) is 10.2. The molecule has 0 aliphatic carbocycles. The summed E-state index contributed by atoms with van der Waals surface area (Å²) in [7, 11) is 0. The summed E-state index contributed by atoms with van der Waals surface area (Å²) in [6, 6.07) is 9.69. The van der Waals surface area contributed by atoms with Crippen molar-refractivity contribution in [1.29, 1.82) is 0 Å². The first-order valence-electron chi connectivity index (χ1n) is 7.34. The van der Waals surface area contributed by atoms with Gasteiger partial charge >= 0.3 is 0 Å². The van der Waals surface area contributed by atoms with Gasteiger partial charge in [-0.15, -0.1) is 0 Å². The van der Waals surface area contributed by atoms with Gasteiger partial charge in [0.2, 0.25) is 5.91 Å². The molecule has 1 amide bonds. The SMILES string of the molecule is CC1(C(=O)Nc2cccc(-c3ccn[nH]3)c2)CCCCN1. The van der Waals surface area contributed by atoms with Gasteiger partial charge in [-0.1, -0.05) is 12.1 Å². The number of benzene rings is 1. The molecule has 2 aromatic rings. The fourth-order valence-corrected chi connectivity index (χ4v) is 2.70. The van der Waals surface area contributed by atoms with Gasteiger partial charge in [0.1, 0.15) is 0 Å². The Morgan fingerprint density at radius 1 is 1.33 bits per heavy atom. The van der Waals surface area contributed by atoms with Crippen LogP contribution in [0.2, 0.25) is 0 Å². The van der Waals surface area contributed by atoms with E-state index < -0.39 is 5.54 Å². The molecule has 2 heterocycles. The number of H-pyrrole nitrogens is 1. The van der Waals surface area contributed by atoms with Crippen molar-refractivity contribution in [2.75, 3.05) is 11.9 Å². The molecule has 5 nitrogen and oxygen atoms in total. The molecule has 21 heavy (non-hydrogen) atoms. The fraction of sp³-hybridized carbons (Fsp3) is 0.375. The van der Waals surface area contributed by atoms with Gasteiger partial charge in [0.25, 0.3) is 0 Å². The maximum atomic E-state index is 12.5. The highest BCUT2D eigenvalue weighted by Gasteiger charge is 2.34. The minimum Gasteiger partial charge on any atom is -0.324 e. The second-order valence-corrected chi connectivity index (χ2v) is 5.72. The Hall–Kier alpha value is -2.14. The first kappa shape index (κ1) is 13.8. The van der Waals surface area contributed by atoms with E-state index in [1.807, 2.05) is 37.3 Å². The molecule has 0 spiro atoms. The number of carbonyl (C=O) groups is 1. The van der Waals surface area contributed by atoms with Crippen LogP contribution >= 0.6 is 0 Å². The summed E-state index contributed by atoms with van der Waals surface area (Å²) < 4.78 is 0. The molecule has 1 aromatic carbocycles.